The summed E-state index contributed by atoms with van der Waals surface area (Å²) in [5.41, 5.74) is 1.79. The van der Waals surface area contributed by atoms with Crippen molar-refractivity contribution in [1.29, 1.82) is 0 Å². The zero-order valence-electron chi connectivity index (χ0n) is 13.6. The number of rotatable bonds is 4. The molecule has 25 heavy (non-hydrogen) atoms. The maximum atomic E-state index is 12.4. The second kappa shape index (κ2) is 7.25. The van der Waals surface area contributed by atoms with E-state index < -0.39 is 18.5 Å². The molecule has 2 amide bonds. The Bertz CT molecular complexity index is 668. The number of hydrogen-bond donors (Lipinski definition) is 2. The SMILES string of the molecule is O=C(O)C1CCN(C(=O)NC2CCCc3cc(OC(F)F)ccc32)C1. The normalized spacial score (nSPS) is 22.6. The average Bonchev–Trinajstić information content (AvgIpc) is 3.04. The van der Waals surface area contributed by atoms with Gasteiger partial charge in [0.2, 0.25) is 0 Å². The van der Waals surface area contributed by atoms with Crippen LogP contribution in [0.2, 0.25) is 0 Å². The van der Waals surface area contributed by atoms with E-state index in [9.17, 15) is 18.4 Å². The fraction of sp³-hybridized carbons (Fsp3) is 0.529. The van der Waals surface area contributed by atoms with Gasteiger partial charge in [-0.15, -0.1) is 0 Å². The van der Waals surface area contributed by atoms with Gasteiger partial charge < -0.3 is 20.1 Å². The topological polar surface area (TPSA) is 78.9 Å². The molecular weight excluding hydrogens is 334 g/mol. The van der Waals surface area contributed by atoms with Crippen LogP contribution in [0.1, 0.15) is 36.4 Å². The smallest absolute Gasteiger partial charge is 0.387 e. The highest BCUT2D eigenvalue weighted by Gasteiger charge is 2.32. The van der Waals surface area contributed by atoms with Crippen LogP contribution in [0, 0.1) is 5.92 Å². The lowest BCUT2D eigenvalue weighted by atomic mass is 9.87. The van der Waals surface area contributed by atoms with E-state index in [1.165, 1.54) is 11.0 Å². The van der Waals surface area contributed by atoms with Crippen molar-refractivity contribution < 1.29 is 28.2 Å². The van der Waals surface area contributed by atoms with E-state index in [-0.39, 0.29) is 24.4 Å². The summed E-state index contributed by atoms with van der Waals surface area (Å²) in [6.07, 6.45) is 2.78. The number of hydrogen-bond acceptors (Lipinski definition) is 3. The number of fused-ring (bicyclic) bond motifs is 1. The first-order valence-electron chi connectivity index (χ1n) is 8.30. The molecule has 6 nitrogen and oxygen atoms in total. The third-order valence-corrected chi connectivity index (χ3v) is 4.78. The van der Waals surface area contributed by atoms with Crippen molar-refractivity contribution in [2.45, 2.75) is 38.3 Å². The van der Waals surface area contributed by atoms with Gasteiger partial charge in [0.15, 0.2) is 0 Å². The summed E-state index contributed by atoms with van der Waals surface area (Å²) in [5.74, 6) is -1.28. The number of carbonyl (C=O) groups excluding carboxylic acids is 1. The second-order valence-corrected chi connectivity index (χ2v) is 6.40. The quantitative estimate of drug-likeness (QED) is 0.871. The molecule has 0 aromatic heterocycles. The third-order valence-electron chi connectivity index (χ3n) is 4.78. The predicted molar refractivity (Wildman–Crippen MR) is 84.6 cm³/mol. The number of urea groups is 1. The van der Waals surface area contributed by atoms with Crippen LogP contribution in [0.3, 0.4) is 0 Å². The molecule has 8 heteroatoms. The van der Waals surface area contributed by atoms with E-state index in [1.807, 2.05) is 0 Å². The van der Waals surface area contributed by atoms with Crippen molar-refractivity contribution in [2.75, 3.05) is 13.1 Å². The van der Waals surface area contributed by atoms with Crippen LogP contribution in [-0.4, -0.2) is 41.7 Å². The second-order valence-electron chi connectivity index (χ2n) is 6.40. The van der Waals surface area contributed by atoms with Crippen LogP contribution in [0.4, 0.5) is 13.6 Å². The Balaban J connectivity index is 1.67. The monoisotopic (exact) mass is 354 g/mol. The van der Waals surface area contributed by atoms with E-state index in [0.717, 1.165) is 30.4 Å². The minimum absolute atomic E-state index is 0.115. The third kappa shape index (κ3) is 4.00. The number of ether oxygens (including phenoxy) is 1. The van der Waals surface area contributed by atoms with E-state index >= 15 is 0 Å². The standard InChI is InChI=1S/C17H20F2N2O4/c18-16(19)25-12-4-5-13-10(8-12)2-1-3-14(13)20-17(24)21-7-6-11(9-21)15(22)23/h4-5,8,11,14,16H,1-3,6-7,9H2,(H,20,24)(H,22,23). The maximum Gasteiger partial charge on any atom is 0.387 e. The number of alkyl halides is 2. The Morgan fingerprint density at radius 2 is 2.12 bits per heavy atom. The number of nitrogens with one attached hydrogen (secondary N) is 1. The molecule has 1 fully saturated rings. The van der Waals surface area contributed by atoms with Crippen LogP contribution >= 0.6 is 0 Å². The van der Waals surface area contributed by atoms with Crippen molar-refractivity contribution in [3.63, 3.8) is 0 Å². The number of carboxylic acids is 1. The molecule has 2 atom stereocenters. The minimum Gasteiger partial charge on any atom is -0.481 e. The van der Waals surface area contributed by atoms with E-state index in [2.05, 4.69) is 10.1 Å². The van der Waals surface area contributed by atoms with Crippen LogP contribution < -0.4 is 10.1 Å². The van der Waals surface area contributed by atoms with Crippen molar-refractivity contribution in [3.8, 4) is 5.75 Å². The molecule has 2 unspecified atom stereocenters. The van der Waals surface area contributed by atoms with Crippen molar-refractivity contribution in [3.05, 3.63) is 29.3 Å². The van der Waals surface area contributed by atoms with E-state index in [0.29, 0.717) is 13.0 Å². The van der Waals surface area contributed by atoms with Crippen LogP contribution in [0.25, 0.3) is 0 Å². The fourth-order valence-corrected chi connectivity index (χ4v) is 3.50. The van der Waals surface area contributed by atoms with E-state index in [1.54, 1.807) is 12.1 Å². The lowest BCUT2D eigenvalue weighted by Gasteiger charge is -2.29. The molecule has 1 heterocycles. The molecule has 1 aliphatic carbocycles. The molecule has 0 bridgehead atoms. The van der Waals surface area contributed by atoms with Gasteiger partial charge in [0.05, 0.1) is 12.0 Å². The highest BCUT2D eigenvalue weighted by atomic mass is 19.3. The minimum atomic E-state index is -2.87. The molecule has 1 aromatic carbocycles. The van der Waals surface area contributed by atoms with Gasteiger partial charge in [0, 0.05) is 13.1 Å². The molecule has 2 N–H and O–H groups in total. The molecule has 2 aliphatic rings. The number of carbonyl (C=O) groups is 2. The highest BCUT2D eigenvalue weighted by Crippen LogP contribution is 2.33. The van der Waals surface area contributed by atoms with Gasteiger partial charge in [-0.2, -0.15) is 8.78 Å². The first-order valence-corrected chi connectivity index (χ1v) is 8.30. The molecule has 136 valence electrons. The van der Waals surface area contributed by atoms with Crippen LogP contribution in [0.15, 0.2) is 18.2 Å². The Morgan fingerprint density at radius 1 is 1.32 bits per heavy atom. The zero-order valence-corrected chi connectivity index (χ0v) is 13.6. The van der Waals surface area contributed by atoms with E-state index in [4.69, 9.17) is 5.11 Å². The number of benzene rings is 1. The molecule has 0 saturated carbocycles. The van der Waals surface area contributed by atoms with Crippen molar-refractivity contribution in [2.24, 2.45) is 5.92 Å². The van der Waals surface area contributed by atoms with Gasteiger partial charge in [0.1, 0.15) is 5.75 Å². The molecular formula is C17H20F2N2O4. The number of aryl methyl sites for hydroxylation is 1. The van der Waals surface area contributed by atoms with Gasteiger partial charge in [-0.3, -0.25) is 4.79 Å². The molecule has 0 radical (unpaired) electrons. The number of aliphatic carboxylic acids is 1. The lowest BCUT2D eigenvalue weighted by molar-refractivity contribution is -0.141. The summed E-state index contributed by atoms with van der Waals surface area (Å²) in [4.78, 5) is 24.9. The van der Waals surface area contributed by atoms with Gasteiger partial charge in [0.25, 0.3) is 0 Å². The maximum absolute atomic E-state index is 12.4. The van der Waals surface area contributed by atoms with Gasteiger partial charge in [-0.05, 0) is 48.9 Å². The summed E-state index contributed by atoms with van der Waals surface area (Å²) in [6, 6.07) is 4.29. The number of carboxylic acid groups (broad SMARTS) is 1. The summed E-state index contributed by atoms with van der Waals surface area (Å²) in [6.45, 7) is -2.24. The molecule has 3 rings (SSSR count). The Hall–Kier alpha value is -2.38. The summed E-state index contributed by atoms with van der Waals surface area (Å²) < 4.78 is 29.1. The molecule has 1 saturated heterocycles. The molecule has 1 aliphatic heterocycles. The first-order chi connectivity index (χ1) is 11.9. The van der Waals surface area contributed by atoms with Crippen molar-refractivity contribution >= 4 is 12.0 Å². The number of nitrogens with zero attached hydrogens (tertiary/aromatic N) is 1. The number of likely N-dealkylation sites (tertiary alicyclic amines) is 1. The van der Waals surface area contributed by atoms with Gasteiger partial charge in [-0.1, -0.05) is 6.07 Å². The molecule has 1 aromatic rings. The number of halogens is 2. The highest BCUT2D eigenvalue weighted by molar-refractivity contribution is 5.77. The lowest BCUT2D eigenvalue weighted by Crippen LogP contribution is -2.41. The number of amides is 2. The van der Waals surface area contributed by atoms with Gasteiger partial charge in [-0.25, -0.2) is 4.79 Å². The summed E-state index contributed by atoms with van der Waals surface area (Å²) >= 11 is 0. The Kier molecular flexibility index (Phi) is 5.06. The summed E-state index contributed by atoms with van der Waals surface area (Å²) in [7, 11) is 0. The van der Waals surface area contributed by atoms with Crippen LogP contribution in [-0.2, 0) is 11.2 Å². The largest absolute Gasteiger partial charge is 0.481 e. The zero-order chi connectivity index (χ0) is 18.0. The molecule has 0 spiro atoms. The summed E-state index contributed by atoms with van der Waals surface area (Å²) in [5, 5.41) is 12.0. The van der Waals surface area contributed by atoms with Crippen molar-refractivity contribution in [1.82, 2.24) is 10.2 Å². The predicted octanol–water partition coefficient (Wildman–Crippen LogP) is 2.78. The Morgan fingerprint density at radius 3 is 2.80 bits per heavy atom. The first kappa shape index (κ1) is 17.4. The fourth-order valence-electron chi connectivity index (χ4n) is 3.50. The van der Waals surface area contributed by atoms with Gasteiger partial charge >= 0.3 is 18.6 Å². The average molecular weight is 354 g/mol. The van der Waals surface area contributed by atoms with Crippen LogP contribution in [0.5, 0.6) is 5.75 Å². The Labute approximate surface area is 143 Å².